The predicted molar refractivity (Wildman–Crippen MR) is 132 cm³/mol. The van der Waals surface area contributed by atoms with Gasteiger partial charge in [0.05, 0.1) is 35.5 Å². The van der Waals surface area contributed by atoms with Crippen LogP contribution in [-0.4, -0.2) is 32.8 Å². The molecule has 0 spiro atoms. The summed E-state index contributed by atoms with van der Waals surface area (Å²) in [7, 11) is 1.59. The van der Waals surface area contributed by atoms with E-state index in [1.807, 2.05) is 48.5 Å². The molecule has 0 atom stereocenters. The molecule has 0 amide bonds. The molecule has 3 aromatic carbocycles. The minimum absolute atomic E-state index is 0.264. The number of methoxy groups -OCH3 is 1. The van der Waals surface area contributed by atoms with Gasteiger partial charge in [-0.25, -0.2) is 9.67 Å². The molecular formula is C26H21N5O3. The number of rotatable bonds is 5. The van der Waals surface area contributed by atoms with Gasteiger partial charge < -0.3 is 4.74 Å². The minimum atomic E-state index is -0.329. The van der Waals surface area contributed by atoms with Crippen molar-refractivity contribution in [2.24, 2.45) is 5.10 Å². The van der Waals surface area contributed by atoms with Crippen molar-refractivity contribution in [1.29, 1.82) is 0 Å². The summed E-state index contributed by atoms with van der Waals surface area (Å²) in [4.78, 5) is 31.1. The van der Waals surface area contributed by atoms with E-state index in [1.165, 1.54) is 15.6 Å². The number of aromatic nitrogens is 4. The number of fused-ring (bicyclic) bond motifs is 1. The van der Waals surface area contributed by atoms with Crippen LogP contribution in [0.5, 0.6) is 5.75 Å². The highest BCUT2D eigenvalue weighted by Gasteiger charge is 2.14. The Bertz CT molecular complexity index is 1630. The van der Waals surface area contributed by atoms with Crippen molar-refractivity contribution in [3.63, 3.8) is 0 Å². The first-order valence-electron chi connectivity index (χ1n) is 10.6. The van der Waals surface area contributed by atoms with Crippen LogP contribution in [0, 0.1) is 6.92 Å². The van der Waals surface area contributed by atoms with Gasteiger partial charge in [-0.2, -0.15) is 9.78 Å². The Balaban J connectivity index is 1.67. The topological polar surface area (TPSA) is 94.3 Å². The molecule has 0 bridgehead atoms. The zero-order valence-electron chi connectivity index (χ0n) is 18.6. The molecule has 0 aliphatic rings. The summed E-state index contributed by atoms with van der Waals surface area (Å²) in [6, 6.07) is 23.6. The average molecular weight is 451 g/mol. The molecular weight excluding hydrogens is 430 g/mol. The van der Waals surface area contributed by atoms with Crippen molar-refractivity contribution in [2.75, 3.05) is 7.11 Å². The van der Waals surface area contributed by atoms with Crippen LogP contribution in [-0.2, 0) is 0 Å². The lowest BCUT2D eigenvalue weighted by Crippen LogP contribution is -2.21. The number of ether oxygens (including phenoxy) is 1. The van der Waals surface area contributed by atoms with Crippen molar-refractivity contribution in [1.82, 2.24) is 19.4 Å². The molecule has 1 N–H and O–H groups in total. The van der Waals surface area contributed by atoms with E-state index in [1.54, 1.807) is 44.4 Å². The van der Waals surface area contributed by atoms with Crippen LogP contribution in [0.1, 0.15) is 11.3 Å². The van der Waals surface area contributed by atoms with Crippen molar-refractivity contribution in [3.8, 4) is 22.8 Å². The van der Waals surface area contributed by atoms with E-state index in [4.69, 9.17) is 4.74 Å². The van der Waals surface area contributed by atoms with Gasteiger partial charge in [-0.05, 0) is 55.5 Å². The number of nitrogens with zero attached hydrogens (tertiary/aromatic N) is 4. The maximum atomic E-state index is 13.4. The van der Waals surface area contributed by atoms with Gasteiger partial charge in [0, 0.05) is 11.3 Å². The van der Waals surface area contributed by atoms with Gasteiger partial charge >= 0.3 is 0 Å². The highest BCUT2D eigenvalue weighted by Crippen LogP contribution is 2.22. The van der Waals surface area contributed by atoms with Crippen molar-refractivity contribution in [2.45, 2.75) is 6.92 Å². The largest absolute Gasteiger partial charge is 0.497 e. The lowest BCUT2D eigenvalue weighted by atomic mass is 10.2. The number of hydrogen-bond donors (Lipinski definition) is 1. The standard InChI is InChI=1S/C26H21N5O3/c1-17-22(26(33)30(29-17)19-8-4-3-5-9-19)16-27-31-24(18-12-14-20(34-2)15-13-18)28-23-11-7-6-10-21(23)25(31)32/h3-16,29H,1-2H3/b27-16+. The maximum Gasteiger partial charge on any atom is 0.282 e. The van der Waals surface area contributed by atoms with E-state index in [-0.39, 0.29) is 11.1 Å². The SMILES string of the molecule is COc1ccc(-c2nc3ccccc3c(=O)n2/N=C/c2c(C)[nH]n(-c3ccccc3)c2=O)cc1. The fourth-order valence-electron chi connectivity index (χ4n) is 3.74. The highest BCUT2D eigenvalue weighted by molar-refractivity contribution is 5.82. The zero-order chi connectivity index (χ0) is 23.7. The normalized spacial score (nSPS) is 11.4. The third kappa shape index (κ3) is 3.71. The van der Waals surface area contributed by atoms with Gasteiger partial charge in [0.25, 0.3) is 11.1 Å². The number of para-hydroxylation sites is 2. The van der Waals surface area contributed by atoms with Crippen LogP contribution in [0.4, 0.5) is 0 Å². The Morgan fingerprint density at radius 3 is 2.35 bits per heavy atom. The van der Waals surface area contributed by atoms with Gasteiger partial charge in [-0.1, -0.05) is 30.3 Å². The van der Waals surface area contributed by atoms with Gasteiger partial charge in [-0.3, -0.25) is 14.7 Å². The van der Waals surface area contributed by atoms with Crippen LogP contribution in [0.3, 0.4) is 0 Å². The fourth-order valence-corrected chi connectivity index (χ4v) is 3.74. The van der Waals surface area contributed by atoms with Crippen molar-refractivity contribution >= 4 is 17.1 Å². The van der Waals surface area contributed by atoms with Gasteiger partial charge in [0.1, 0.15) is 5.75 Å². The summed E-state index contributed by atoms with van der Waals surface area (Å²) in [6.45, 7) is 1.79. The van der Waals surface area contributed by atoms with Crippen LogP contribution >= 0.6 is 0 Å². The minimum Gasteiger partial charge on any atom is -0.497 e. The summed E-state index contributed by atoms with van der Waals surface area (Å²) in [5.41, 5.74) is 2.35. The number of aryl methyl sites for hydroxylation is 1. The Morgan fingerprint density at radius 1 is 0.912 bits per heavy atom. The summed E-state index contributed by atoms with van der Waals surface area (Å²) in [5.74, 6) is 1.05. The summed E-state index contributed by atoms with van der Waals surface area (Å²) in [6.07, 6.45) is 1.40. The smallest absolute Gasteiger partial charge is 0.282 e. The van der Waals surface area contributed by atoms with E-state index >= 15 is 0 Å². The molecule has 8 heteroatoms. The number of hydrogen-bond acceptors (Lipinski definition) is 5. The Labute approximate surface area is 194 Å². The summed E-state index contributed by atoms with van der Waals surface area (Å²) in [5, 5.41) is 7.93. The van der Waals surface area contributed by atoms with E-state index in [0.717, 1.165) is 0 Å². The molecule has 0 saturated heterocycles. The summed E-state index contributed by atoms with van der Waals surface area (Å²) < 4.78 is 7.91. The van der Waals surface area contributed by atoms with Crippen molar-refractivity contribution in [3.05, 3.63) is 111 Å². The molecule has 0 saturated carbocycles. The van der Waals surface area contributed by atoms with E-state index in [0.29, 0.717) is 45.0 Å². The van der Waals surface area contributed by atoms with Crippen LogP contribution < -0.4 is 15.9 Å². The number of nitrogens with one attached hydrogen (secondary N) is 1. The third-order valence-corrected chi connectivity index (χ3v) is 5.54. The van der Waals surface area contributed by atoms with Gasteiger partial charge in [0.2, 0.25) is 0 Å². The Morgan fingerprint density at radius 2 is 1.62 bits per heavy atom. The first kappa shape index (κ1) is 21.1. The number of H-pyrrole nitrogens is 1. The summed E-state index contributed by atoms with van der Waals surface area (Å²) >= 11 is 0. The van der Waals surface area contributed by atoms with E-state index in [9.17, 15) is 9.59 Å². The van der Waals surface area contributed by atoms with Crippen LogP contribution in [0.15, 0.2) is 93.6 Å². The molecule has 168 valence electrons. The molecule has 5 rings (SSSR count). The first-order valence-corrected chi connectivity index (χ1v) is 10.6. The monoisotopic (exact) mass is 451 g/mol. The van der Waals surface area contributed by atoms with Crippen LogP contribution in [0.25, 0.3) is 28.0 Å². The zero-order valence-corrected chi connectivity index (χ0v) is 18.6. The maximum absolute atomic E-state index is 13.4. The van der Waals surface area contributed by atoms with Crippen molar-refractivity contribution < 1.29 is 4.74 Å². The molecule has 2 aromatic heterocycles. The molecule has 5 aromatic rings. The molecule has 0 radical (unpaired) electrons. The number of benzene rings is 3. The predicted octanol–water partition coefficient (Wildman–Crippen LogP) is 3.74. The van der Waals surface area contributed by atoms with Gasteiger partial charge in [-0.15, -0.1) is 0 Å². The van der Waals surface area contributed by atoms with E-state index in [2.05, 4.69) is 15.2 Å². The fraction of sp³-hybridized carbons (Fsp3) is 0.0769. The van der Waals surface area contributed by atoms with Crippen LogP contribution in [0.2, 0.25) is 0 Å². The second-order valence-electron chi connectivity index (χ2n) is 7.67. The number of aromatic amines is 1. The highest BCUT2D eigenvalue weighted by atomic mass is 16.5. The first-order chi connectivity index (χ1) is 16.6. The van der Waals surface area contributed by atoms with E-state index < -0.39 is 0 Å². The Hall–Kier alpha value is -4.72. The lowest BCUT2D eigenvalue weighted by molar-refractivity contribution is 0.415. The average Bonchev–Trinajstić information content (AvgIpc) is 3.17. The second-order valence-corrected chi connectivity index (χ2v) is 7.67. The molecule has 2 heterocycles. The molecule has 0 aliphatic carbocycles. The molecule has 0 fully saturated rings. The quantitative estimate of drug-likeness (QED) is 0.412. The van der Waals surface area contributed by atoms with Gasteiger partial charge in [0.15, 0.2) is 5.82 Å². The second kappa shape index (κ2) is 8.67. The molecule has 34 heavy (non-hydrogen) atoms. The third-order valence-electron chi connectivity index (χ3n) is 5.54. The molecule has 8 nitrogen and oxygen atoms in total. The Kier molecular flexibility index (Phi) is 5.39. The molecule has 0 unspecified atom stereocenters. The molecule has 0 aliphatic heterocycles. The lowest BCUT2D eigenvalue weighted by Gasteiger charge is -2.10.